The van der Waals surface area contributed by atoms with Crippen LogP contribution in [0, 0.1) is 5.41 Å². The van der Waals surface area contributed by atoms with Gasteiger partial charge in [0, 0.05) is 20.3 Å². The van der Waals surface area contributed by atoms with Crippen LogP contribution in [-0.2, 0) is 4.74 Å². The first-order valence-corrected chi connectivity index (χ1v) is 4.53. The Hall–Kier alpha value is -0.0800. The summed E-state index contributed by atoms with van der Waals surface area (Å²) in [5.41, 5.74) is 0.552. The topological polar surface area (TPSA) is 21.3 Å². The second-order valence-corrected chi connectivity index (χ2v) is 3.52. The third-order valence-electron chi connectivity index (χ3n) is 2.92. The van der Waals surface area contributed by atoms with Gasteiger partial charge < -0.3 is 10.1 Å². The number of nitrogens with one attached hydrogen (secondary N) is 1. The molecule has 1 heterocycles. The van der Waals surface area contributed by atoms with Crippen molar-refractivity contribution in [2.24, 2.45) is 5.41 Å². The zero-order valence-corrected chi connectivity index (χ0v) is 7.65. The van der Waals surface area contributed by atoms with Crippen LogP contribution in [0.15, 0.2) is 0 Å². The number of hydrogen-bond acceptors (Lipinski definition) is 2. The van der Waals surface area contributed by atoms with Gasteiger partial charge in [-0.2, -0.15) is 0 Å². The molecule has 0 aromatic rings. The molecule has 0 aromatic heterocycles. The Morgan fingerprint density at radius 3 is 2.82 bits per heavy atom. The molecule has 1 N–H and O–H groups in total. The molecule has 0 spiro atoms. The van der Waals surface area contributed by atoms with Crippen molar-refractivity contribution in [2.45, 2.75) is 26.2 Å². The van der Waals surface area contributed by atoms with Crippen LogP contribution >= 0.6 is 0 Å². The molecule has 0 saturated carbocycles. The molecule has 66 valence electrons. The number of ether oxygens (including phenoxy) is 1. The fourth-order valence-electron chi connectivity index (χ4n) is 1.81. The van der Waals surface area contributed by atoms with Crippen molar-refractivity contribution < 1.29 is 4.74 Å². The maximum atomic E-state index is 5.10. The van der Waals surface area contributed by atoms with E-state index in [1.54, 1.807) is 7.11 Å². The Kier molecular flexibility index (Phi) is 3.34. The van der Waals surface area contributed by atoms with E-state index in [4.69, 9.17) is 4.74 Å². The Labute approximate surface area is 69.3 Å². The van der Waals surface area contributed by atoms with Crippen LogP contribution in [0.1, 0.15) is 26.2 Å². The minimum atomic E-state index is 0.552. The Morgan fingerprint density at radius 2 is 2.36 bits per heavy atom. The number of methoxy groups -OCH3 is 1. The summed E-state index contributed by atoms with van der Waals surface area (Å²) >= 11 is 0. The molecule has 11 heavy (non-hydrogen) atoms. The standard InChI is InChI=1S/C9H19NO/c1-3-9(5-7-11-2)4-6-10-8-9/h10H,3-8H2,1-2H3. The lowest BCUT2D eigenvalue weighted by atomic mass is 9.81. The predicted octanol–water partition coefficient (Wildman–Crippen LogP) is 1.41. The van der Waals surface area contributed by atoms with E-state index in [-0.39, 0.29) is 0 Å². The van der Waals surface area contributed by atoms with E-state index < -0.39 is 0 Å². The van der Waals surface area contributed by atoms with E-state index in [2.05, 4.69) is 12.2 Å². The summed E-state index contributed by atoms with van der Waals surface area (Å²) in [7, 11) is 1.78. The Bertz CT molecular complexity index is 108. The third kappa shape index (κ3) is 2.17. The summed E-state index contributed by atoms with van der Waals surface area (Å²) in [6.07, 6.45) is 3.82. The van der Waals surface area contributed by atoms with E-state index >= 15 is 0 Å². The van der Waals surface area contributed by atoms with Crippen molar-refractivity contribution in [2.75, 3.05) is 26.8 Å². The first kappa shape index (κ1) is 9.01. The summed E-state index contributed by atoms with van der Waals surface area (Å²) in [5, 5.41) is 3.42. The summed E-state index contributed by atoms with van der Waals surface area (Å²) in [5.74, 6) is 0. The molecule has 0 radical (unpaired) electrons. The fraction of sp³-hybridized carbons (Fsp3) is 1.00. The van der Waals surface area contributed by atoms with Gasteiger partial charge in [0.15, 0.2) is 0 Å². The molecule has 1 fully saturated rings. The predicted molar refractivity (Wildman–Crippen MR) is 46.7 cm³/mol. The highest BCUT2D eigenvalue weighted by molar-refractivity contribution is 4.86. The molecule has 2 nitrogen and oxygen atoms in total. The first-order valence-electron chi connectivity index (χ1n) is 4.53. The quantitative estimate of drug-likeness (QED) is 0.666. The van der Waals surface area contributed by atoms with Gasteiger partial charge in [0.25, 0.3) is 0 Å². The molecule has 1 aliphatic rings. The summed E-state index contributed by atoms with van der Waals surface area (Å²) in [4.78, 5) is 0. The minimum Gasteiger partial charge on any atom is -0.385 e. The van der Waals surface area contributed by atoms with Crippen molar-refractivity contribution in [1.29, 1.82) is 0 Å². The second kappa shape index (κ2) is 4.07. The van der Waals surface area contributed by atoms with Crippen LogP contribution in [0.3, 0.4) is 0 Å². The van der Waals surface area contributed by atoms with Crippen LogP contribution in [-0.4, -0.2) is 26.8 Å². The van der Waals surface area contributed by atoms with Gasteiger partial charge in [-0.15, -0.1) is 0 Å². The first-order chi connectivity index (χ1) is 5.33. The highest BCUT2D eigenvalue weighted by Crippen LogP contribution is 2.32. The van der Waals surface area contributed by atoms with Gasteiger partial charge in [-0.05, 0) is 31.2 Å². The van der Waals surface area contributed by atoms with Crippen LogP contribution in [0.4, 0.5) is 0 Å². The second-order valence-electron chi connectivity index (χ2n) is 3.52. The minimum absolute atomic E-state index is 0.552. The monoisotopic (exact) mass is 157 g/mol. The number of rotatable bonds is 4. The van der Waals surface area contributed by atoms with E-state index in [0.29, 0.717) is 5.41 Å². The smallest absolute Gasteiger partial charge is 0.0468 e. The van der Waals surface area contributed by atoms with Crippen LogP contribution in [0.2, 0.25) is 0 Å². The van der Waals surface area contributed by atoms with Gasteiger partial charge in [0.1, 0.15) is 0 Å². The highest BCUT2D eigenvalue weighted by Gasteiger charge is 2.30. The van der Waals surface area contributed by atoms with Gasteiger partial charge in [-0.1, -0.05) is 6.92 Å². The fourth-order valence-corrected chi connectivity index (χ4v) is 1.81. The molecule has 2 heteroatoms. The summed E-state index contributed by atoms with van der Waals surface area (Å²) in [6, 6.07) is 0. The van der Waals surface area contributed by atoms with Crippen molar-refractivity contribution >= 4 is 0 Å². The average Bonchev–Trinajstić information content (AvgIpc) is 2.50. The van der Waals surface area contributed by atoms with Gasteiger partial charge in [-0.25, -0.2) is 0 Å². The summed E-state index contributed by atoms with van der Waals surface area (Å²) < 4.78 is 5.10. The average molecular weight is 157 g/mol. The zero-order valence-electron chi connectivity index (χ0n) is 7.65. The Balaban J connectivity index is 2.33. The maximum Gasteiger partial charge on any atom is 0.0468 e. The molecule has 0 bridgehead atoms. The molecule has 0 amide bonds. The molecule has 0 aliphatic carbocycles. The molecular weight excluding hydrogens is 138 g/mol. The molecule has 1 atom stereocenters. The van der Waals surface area contributed by atoms with Gasteiger partial charge in [0.2, 0.25) is 0 Å². The van der Waals surface area contributed by atoms with Crippen molar-refractivity contribution in [3.8, 4) is 0 Å². The molecular formula is C9H19NO. The molecule has 1 saturated heterocycles. The molecule has 0 aromatic carbocycles. The van der Waals surface area contributed by atoms with Gasteiger partial charge in [0.05, 0.1) is 0 Å². The van der Waals surface area contributed by atoms with Crippen molar-refractivity contribution in [1.82, 2.24) is 5.32 Å². The number of hydrogen-bond donors (Lipinski definition) is 1. The lowest BCUT2D eigenvalue weighted by Crippen LogP contribution is -2.24. The van der Waals surface area contributed by atoms with Crippen molar-refractivity contribution in [3.63, 3.8) is 0 Å². The lowest BCUT2D eigenvalue weighted by Gasteiger charge is -2.25. The van der Waals surface area contributed by atoms with E-state index in [1.807, 2.05) is 0 Å². The molecule has 1 aliphatic heterocycles. The van der Waals surface area contributed by atoms with Crippen LogP contribution < -0.4 is 5.32 Å². The third-order valence-corrected chi connectivity index (χ3v) is 2.92. The van der Waals surface area contributed by atoms with Gasteiger partial charge in [-0.3, -0.25) is 0 Å². The largest absolute Gasteiger partial charge is 0.385 e. The van der Waals surface area contributed by atoms with Crippen LogP contribution in [0.5, 0.6) is 0 Å². The van der Waals surface area contributed by atoms with Crippen molar-refractivity contribution in [3.05, 3.63) is 0 Å². The maximum absolute atomic E-state index is 5.10. The molecule has 1 rings (SSSR count). The zero-order chi connectivity index (χ0) is 8.16. The SMILES string of the molecule is CCC1(CCOC)CCNC1. The van der Waals surface area contributed by atoms with Gasteiger partial charge >= 0.3 is 0 Å². The molecule has 1 unspecified atom stereocenters. The Morgan fingerprint density at radius 1 is 1.55 bits per heavy atom. The normalized spacial score (nSPS) is 31.1. The lowest BCUT2D eigenvalue weighted by molar-refractivity contribution is 0.141. The van der Waals surface area contributed by atoms with E-state index in [1.165, 1.54) is 32.4 Å². The van der Waals surface area contributed by atoms with Crippen LogP contribution in [0.25, 0.3) is 0 Å². The highest BCUT2D eigenvalue weighted by atomic mass is 16.5. The van der Waals surface area contributed by atoms with E-state index in [9.17, 15) is 0 Å². The summed E-state index contributed by atoms with van der Waals surface area (Å²) in [6.45, 7) is 5.57. The van der Waals surface area contributed by atoms with E-state index in [0.717, 1.165) is 6.61 Å².